The lowest BCUT2D eigenvalue weighted by molar-refractivity contribution is -0.384. The number of hydrogen-bond donors (Lipinski definition) is 0. The third-order valence-corrected chi connectivity index (χ3v) is 9.46. The van der Waals surface area contributed by atoms with Crippen LogP contribution >= 0.6 is 38.9 Å². The first-order chi connectivity index (χ1) is 23.7. The number of non-ortho nitro benzene ring substituents is 1. The first-order valence-electron chi connectivity index (χ1n) is 15.0. The Morgan fingerprint density at radius 2 is 1.80 bits per heavy atom. The zero-order chi connectivity index (χ0) is 34.7. The van der Waals surface area contributed by atoms with E-state index in [0.29, 0.717) is 52.7 Å². The number of benzene rings is 4. The highest BCUT2D eigenvalue weighted by molar-refractivity contribution is 9.10. The molecule has 1 atom stereocenters. The molecule has 1 aliphatic heterocycles. The second-order valence-corrected chi connectivity index (χ2v) is 13.0. The molecule has 0 bridgehead atoms. The number of halogens is 2. The predicted molar refractivity (Wildman–Crippen MR) is 191 cm³/mol. The fourth-order valence-electron chi connectivity index (χ4n) is 5.38. The van der Waals surface area contributed by atoms with Crippen molar-refractivity contribution in [2.24, 2.45) is 4.99 Å². The van der Waals surface area contributed by atoms with Gasteiger partial charge in [0.15, 0.2) is 16.3 Å². The zero-order valence-electron chi connectivity index (χ0n) is 26.1. The fraction of sp³-hybridized carbons (Fsp3) is 0.139. The van der Waals surface area contributed by atoms with E-state index in [1.165, 1.54) is 35.1 Å². The van der Waals surface area contributed by atoms with Crippen LogP contribution in [0.25, 0.3) is 11.8 Å². The molecule has 1 aromatic heterocycles. The van der Waals surface area contributed by atoms with Gasteiger partial charge in [0.2, 0.25) is 0 Å². The summed E-state index contributed by atoms with van der Waals surface area (Å²) in [7, 11) is 1.51. The van der Waals surface area contributed by atoms with E-state index >= 15 is 0 Å². The summed E-state index contributed by atoms with van der Waals surface area (Å²) < 4.78 is 19.7. The van der Waals surface area contributed by atoms with Gasteiger partial charge in [0.1, 0.15) is 6.61 Å². The second-order valence-electron chi connectivity index (χ2n) is 10.7. The number of hydrogen-bond acceptors (Lipinski definition) is 9. The Hall–Kier alpha value is -5.04. The highest BCUT2D eigenvalue weighted by Gasteiger charge is 2.35. The maximum absolute atomic E-state index is 14.2. The van der Waals surface area contributed by atoms with E-state index in [2.05, 4.69) is 15.9 Å². The first kappa shape index (κ1) is 33.8. The maximum atomic E-state index is 14.2. The normalized spacial score (nSPS) is 14.2. The van der Waals surface area contributed by atoms with E-state index in [1.807, 2.05) is 30.3 Å². The van der Waals surface area contributed by atoms with Gasteiger partial charge in [0.05, 0.1) is 45.0 Å². The van der Waals surface area contributed by atoms with Gasteiger partial charge in [-0.25, -0.2) is 9.79 Å². The number of aromatic nitrogens is 1. The Balaban J connectivity index is 1.45. The van der Waals surface area contributed by atoms with Crippen molar-refractivity contribution < 1.29 is 23.9 Å². The minimum absolute atomic E-state index is 0.00923. The van der Waals surface area contributed by atoms with Crippen LogP contribution in [0.2, 0.25) is 5.02 Å². The number of thiazole rings is 1. The van der Waals surface area contributed by atoms with Crippen LogP contribution in [0, 0.1) is 10.1 Å². The minimum atomic E-state index is -0.832. The molecule has 1 aliphatic rings. The van der Waals surface area contributed by atoms with E-state index in [-0.39, 0.29) is 30.0 Å². The zero-order valence-corrected chi connectivity index (χ0v) is 29.3. The van der Waals surface area contributed by atoms with Crippen LogP contribution in [0.3, 0.4) is 0 Å². The third kappa shape index (κ3) is 7.07. The molecule has 0 amide bonds. The minimum Gasteiger partial charge on any atom is -0.493 e. The second kappa shape index (κ2) is 14.6. The summed E-state index contributed by atoms with van der Waals surface area (Å²) in [6, 6.07) is 25.1. The summed E-state index contributed by atoms with van der Waals surface area (Å²) in [6.07, 6.45) is 1.73. The molecular formula is C36H27BrClN3O7S. The van der Waals surface area contributed by atoms with E-state index in [9.17, 15) is 19.7 Å². The van der Waals surface area contributed by atoms with Crippen molar-refractivity contribution in [3.8, 4) is 11.5 Å². The Morgan fingerprint density at radius 3 is 2.45 bits per heavy atom. The molecule has 0 saturated heterocycles. The van der Waals surface area contributed by atoms with Crippen LogP contribution in [0.1, 0.15) is 35.2 Å². The fourth-order valence-corrected chi connectivity index (χ4v) is 7.09. The lowest BCUT2D eigenvalue weighted by atomic mass is 9.93. The van der Waals surface area contributed by atoms with Crippen molar-refractivity contribution >= 4 is 62.3 Å². The molecule has 0 N–H and O–H groups in total. The van der Waals surface area contributed by atoms with Crippen LogP contribution in [0.5, 0.6) is 11.5 Å². The molecule has 0 spiro atoms. The quantitative estimate of drug-likeness (QED) is 0.0868. The van der Waals surface area contributed by atoms with Crippen molar-refractivity contribution in [1.82, 2.24) is 4.57 Å². The van der Waals surface area contributed by atoms with Crippen molar-refractivity contribution in [3.05, 3.63) is 158 Å². The summed E-state index contributed by atoms with van der Waals surface area (Å²) in [6.45, 7) is 2.01. The lowest BCUT2D eigenvalue weighted by Gasteiger charge is -2.25. The molecule has 5 aromatic rings. The van der Waals surface area contributed by atoms with Gasteiger partial charge in [-0.3, -0.25) is 19.5 Å². The number of fused-ring (bicyclic) bond motifs is 1. The molecular weight excluding hydrogens is 734 g/mol. The maximum Gasteiger partial charge on any atom is 0.338 e. The summed E-state index contributed by atoms with van der Waals surface area (Å²) >= 11 is 11.0. The SMILES string of the molecule is CCOC(=O)C1=C(c2ccccc2)N=c2s/c(=C\c3cc(Br)c(OCc4ccc([N+](=O)[O-])cc4)c(OC)c3)c(=O)n2[C@H]1c1ccc(Cl)cc1. The number of esters is 1. The third-order valence-electron chi connectivity index (χ3n) is 7.64. The Kier molecular flexibility index (Phi) is 10.1. The highest BCUT2D eigenvalue weighted by Crippen LogP contribution is 2.38. The molecule has 0 saturated carbocycles. The topological polar surface area (TPSA) is 122 Å². The summed E-state index contributed by atoms with van der Waals surface area (Å²) in [5, 5.41) is 11.5. The van der Waals surface area contributed by atoms with Gasteiger partial charge in [-0.15, -0.1) is 0 Å². The monoisotopic (exact) mass is 759 g/mol. The molecule has 6 rings (SSSR count). The van der Waals surface area contributed by atoms with Crippen molar-refractivity contribution in [2.45, 2.75) is 19.6 Å². The van der Waals surface area contributed by atoms with Crippen molar-refractivity contribution in [2.75, 3.05) is 13.7 Å². The van der Waals surface area contributed by atoms with Crippen LogP contribution in [0.4, 0.5) is 5.69 Å². The van der Waals surface area contributed by atoms with Gasteiger partial charge < -0.3 is 14.2 Å². The van der Waals surface area contributed by atoms with Crippen LogP contribution in [-0.4, -0.2) is 29.2 Å². The van der Waals surface area contributed by atoms with Gasteiger partial charge in [-0.05, 0) is 82.0 Å². The number of rotatable bonds is 10. The molecule has 248 valence electrons. The van der Waals surface area contributed by atoms with Gasteiger partial charge in [0.25, 0.3) is 11.2 Å². The summed E-state index contributed by atoms with van der Waals surface area (Å²) in [5.41, 5.74) is 3.07. The largest absolute Gasteiger partial charge is 0.493 e. The first-order valence-corrected chi connectivity index (χ1v) is 16.9. The van der Waals surface area contributed by atoms with E-state index in [0.717, 1.165) is 5.56 Å². The molecule has 49 heavy (non-hydrogen) atoms. The van der Waals surface area contributed by atoms with E-state index < -0.39 is 16.9 Å². The Morgan fingerprint density at radius 1 is 1.08 bits per heavy atom. The predicted octanol–water partition coefficient (Wildman–Crippen LogP) is 6.85. The van der Waals surface area contributed by atoms with Crippen LogP contribution in [0.15, 0.2) is 111 Å². The number of carbonyl (C=O) groups is 1. The van der Waals surface area contributed by atoms with Gasteiger partial charge in [0, 0.05) is 22.7 Å². The molecule has 0 fully saturated rings. The van der Waals surface area contributed by atoms with E-state index in [1.54, 1.807) is 61.5 Å². The molecule has 0 aliphatic carbocycles. The average molecular weight is 761 g/mol. The molecule has 0 radical (unpaired) electrons. The molecule has 4 aromatic carbocycles. The van der Waals surface area contributed by atoms with E-state index in [4.69, 9.17) is 30.8 Å². The van der Waals surface area contributed by atoms with Gasteiger partial charge in [-0.2, -0.15) is 0 Å². The lowest BCUT2D eigenvalue weighted by Crippen LogP contribution is -2.40. The number of carbonyl (C=O) groups excluding carboxylic acids is 1. The number of nitro groups is 1. The molecule has 0 unspecified atom stereocenters. The number of nitrogens with zero attached hydrogens (tertiary/aromatic N) is 3. The number of ether oxygens (including phenoxy) is 3. The van der Waals surface area contributed by atoms with Crippen molar-refractivity contribution in [1.29, 1.82) is 0 Å². The smallest absolute Gasteiger partial charge is 0.338 e. The summed E-state index contributed by atoms with van der Waals surface area (Å²) in [4.78, 5) is 43.7. The van der Waals surface area contributed by atoms with Crippen LogP contribution in [-0.2, 0) is 16.1 Å². The van der Waals surface area contributed by atoms with Gasteiger partial charge >= 0.3 is 5.97 Å². The molecule has 2 heterocycles. The Labute approximate surface area is 297 Å². The average Bonchev–Trinajstić information content (AvgIpc) is 3.41. The highest BCUT2D eigenvalue weighted by atomic mass is 79.9. The number of methoxy groups -OCH3 is 1. The molecule has 13 heteroatoms. The van der Waals surface area contributed by atoms with Gasteiger partial charge in [-0.1, -0.05) is 65.4 Å². The summed E-state index contributed by atoms with van der Waals surface area (Å²) in [5.74, 6) is 0.261. The standard InChI is InChI=1S/C36H27BrClN3O7S/c1-3-47-35(43)30-31(23-7-5-4-6-8-23)39-36-40(32(30)24-11-13-25(38)14-12-24)34(42)29(49-36)19-22-17-27(37)33(28(18-22)46-2)48-20-21-9-15-26(16-10-21)41(44)45/h4-19,32H,3,20H2,1-2H3/b29-19-/t32-/m0/s1. The van der Waals surface area contributed by atoms with Crippen molar-refractivity contribution in [3.63, 3.8) is 0 Å². The Bertz CT molecular complexity index is 2270. The van der Waals surface area contributed by atoms with Crippen LogP contribution < -0.4 is 24.4 Å². The molecule has 10 nitrogen and oxygen atoms in total. The number of nitro benzene ring substituents is 1.